The summed E-state index contributed by atoms with van der Waals surface area (Å²) in [4.78, 5) is 119. The van der Waals surface area contributed by atoms with Crippen molar-refractivity contribution in [3.05, 3.63) is 0 Å². The Morgan fingerprint density at radius 2 is 0.286 bits per heavy atom. The first kappa shape index (κ1) is 90.1. The topological polar surface area (TPSA) is 442 Å². The minimum atomic E-state index is -3.63. The molecule has 0 fully saturated rings. The number of hydrogen-bond acceptors (Lipinski definition) is 21. The van der Waals surface area contributed by atoms with Crippen molar-refractivity contribution in [2.45, 2.75) is 0 Å². The van der Waals surface area contributed by atoms with Crippen LogP contribution >= 0.6 is 0 Å². The van der Waals surface area contributed by atoms with Gasteiger partial charge in [-0.2, -0.15) is 0 Å². The summed E-state index contributed by atoms with van der Waals surface area (Å²) in [7, 11) is -25.4. The molecule has 21 nitrogen and oxygen atoms in total. The summed E-state index contributed by atoms with van der Waals surface area (Å²) < 4.78 is 59.6. The molecule has 0 bridgehead atoms. The standard InChI is InChI=1S/2Al.B.2Ba.2Ca.7O3Si/c;;;;;;;7*1-4(2)3/q2*+3;;4*+2;7*-2. The molecule has 0 spiro atoms. The minimum Gasteiger partial charge on any atom is -0.672 e. The SMILES string of the molecule is O=[Si]([O-])[O-].O=[Si]([O-])[O-].O=[Si]([O-])[O-].O=[Si]([O-])[O-].O=[Si]([O-])[O-].O=[Si]([O-])[O-].O=[Si]([O-])[O-].[Al+3].[Al+3].[B].[Ba+2].[Ba+2].[Ca+2].[Ca+2]. The van der Waals surface area contributed by atoms with Gasteiger partial charge in [-0.3, -0.25) is 0 Å². The molecule has 0 heterocycles. The van der Waals surface area contributed by atoms with Crippen LogP contribution in [-0.4, -0.2) is 281 Å². The maximum absolute atomic E-state index is 8.52. The van der Waals surface area contributed by atoms with E-state index in [9.17, 15) is 0 Å². The Morgan fingerprint density at radius 3 is 0.286 bits per heavy atom. The molecule has 0 aromatic rings. The van der Waals surface area contributed by atoms with Crippen LogP contribution in [0.25, 0.3) is 0 Å². The van der Waals surface area contributed by atoms with E-state index in [2.05, 4.69) is 0 Å². The molecule has 0 unspecified atom stereocenters. The summed E-state index contributed by atoms with van der Waals surface area (Å²) >= 11 is 0. The minimum absolute atomic E-state index is 0. The van der Waals surface area contributed by atoms with E-state index in [0.29, 0.717) is 0 Å². The third-order valence-electron chi connectivity index (χ3n) is 0. The van der Waals surface area contributed by atoms with E-state index < -0.39 is 64.2 Å². The van der Waals surface area contributed by atoms with Gasteiger partial charge in [0.2, 0.25) is 0 Å². The van der Waals surface area contributed by atoms with Crippen molar-refractivity contribution in [3.8, 4) is 0 Å². The molecular weight excluding hydrogens is 952 g/mol. The van der Waals surface area contributed by atoms with Gasteiger partial charge >= 0.3 is 208 Å². The Hall–Kier alpha value is 4.11. The van der Waals surface area contributed by atoms with Gasteiger partial charge in [-0.15, -0.1) is 0 Å². The van der Waals surface area contributed by atoms with E-state index >= 15 is 0 Å². The smallest absolute Gasteiger partial charge is 0.672 e. The average Bonchev–Trinajstić information content (AvgIpc) is 2.20. The van der Waals surface area contributed by atoms with Crippen molar-refractivity contribution in [2.24, 2.45) is 0 Å². The van der Waals surface area contributed by atoms with Crippen LogP contribution in [0.3, 0.4) is 0 Å². The molecule has 0 amide bonds. The predicted octanol–water partition coefficient (Wildman–Crippen LogP) is -22.8. The second-order valence-electron chi connectivity index (χ2n) is 1.75. The van der Waals surface area contributed by atoms with E-state index in [-0.39, 0.29) is 216 Å². The normalized spacial score (nSPS) is 4.80. The van der Waals surface area contributed by atoms with Crippen LogP contribution < -0.4 is 67.1 Å². The first-order valence-corrected chi connectivity index (χ1v) is 12.9. The molecule has 3 radical (unpaired) electrons. The molecule has 0 rings (SSSR count). The molecule has 171 valence electrons. The Bertz CT molecular complexity index is 341. The van der Waals surface area contributed by atoms with Crippen LogP contribution in [0.5, 0.6) is 0 Å². The summed E-state index contributed by atoms with van der Waals surface area (Å²) in [5.41, 5.74) is 0. The van der Waals surface area contributed by atoms with Crippen molar-refractivity contribution in [3.63, 3.8) is 0 Å². The summed E-state index contributed by atoms with van der Waals surface area (Å²) in [5.74, 6) is 0. The molecule has 0 aliphatic carbocycles. The molecule has 0 saturated heterocycles. The van der Waals surface area contributed by atoms with Crippen molar-refractivity contribution < 1.29 is 98.4 Å². The molecule has 0 aliphatic rings. The van der Waals surface area contributed by atoms with Gasteiger partial charge in [-0.25, -0.2) is 0 Å². The van der Waals surface area contributed by atoms with Crippen molar-refractivity contribution in [1.82, 2.24) is 0 Å². The maximum atomic E-state index is 8.52. The van der Waals surface area contributed by atoms with Crippen LogP contribution in [0.4, 0.5) is 0 Å². The summed E-state index contributed by atoms with van der Waals surface area (Å²) in [6.07, 6.45) is 0. The van der Waals surface area contributed by atoms with E-state index in [0.717, 1.165) is 0 Å². The van der Waals surface area contributed by atoms with E-state index in [1.165, 1.54) is 0 Å². The Labute approximate surface area is 370 Å². The second kappa shape index (κ2) is 83.2. The molecule has 0 aliphatic heterocycles. The zero-order chi connectivity index (χ0) is 25.0. The van der Waals surface area contributed by atoms with E-state index in [4.69, 9.17) is 98.4 Å². The van der Waals surface area contributed by atoms with Crippen molar-refractivity contribution in [1.29, 1.82) is 0 Å². The fourth-order valence-corrected chi connectivity index (χ4v) is 0. The van der Waals surface area contributed by atoms with Crippen LogP contribution in [0.2, 0.25) is 0 Å². The quantitative estimate of drug-likeness (QED) is 0.203. The molecule has 0 aromatic heterocycles. The van der Waals surface area contributed by atoms with Gasteiger partial charge in [0.25, 0.3) is 0 Å². The van der Waals surface area contributed by atoms with E-state index in [1.807, 2.05) is 0 Å². The zero-order valence-corrected chi connectivity index (χ0v) is 39.2. The summed E-state index contributed by atoms with van der Waals surface area (Å²) in [6, 6.07) is 0. The number of hydrogen-bond donors (Lipinski definition) is 0. The van der Waals surface area contributed by atoms with Gasteiger partial charge in [-0.05, 0) is 0 Å². The van der Waals surface area contributed by atoms with E-state index in [1.54, 1.807) is 0 Å². The fraction of sp³-hybridized carbons (Fsp3) is 0. The number of rotatable bonds is 0. The molecular formula is Al2BBa2Ca2O21Si7. The Balaban J connectivity index is -0.0000000119. The maximum Gasteiger partial charge on any atom is 3.00 e. The third-order valence-corrected chi connectivity index (χ3v) is 0. The van der Waals surface area contributed by atoms with Gasteiger partial charge in [0.15, 0.2) is 0 Å². The fourth-order valence-electron chi connectivity index (χ4n) is 0. The van der Waals surface area contributed by atoms with Crippen LogP contribution in [0, 0.1) is 0 Å². The average molecular weight is 952 g/mol. The van der Waals surface area contributed by atoms with Gasteiger partial charge in [0.1, 0.15) is 0 Å². The Kier molecular flexibility index (Phi) is 214. The Morgan fingerprint density at radius 1 is 0.286 bits per heavy atom. The molecule has 0 aromatic carbocycles. The van der Waals surface area contributed by atoms with Crippen LogP contribution in [0.1, 0.15) is 0 Å². The van der Waals surface area contributed by atoms with Gasteiger partial charge < -0.3 is 98.4 Å². The van der Waals surface area contributed by atoms with Gasteiger partial charge in [0.05, 0.1) is 0 Å². The zero-order valence-electron chi connectivity index (χ0n) is 16.6. The monoisotopic (exact) mass is 952 g/mol. The van der Waals surface area contributed by atoms with Crippen molar-refractivity contribution >= 4 is 281 Å². The van der Waals surface area contributed by atoms with Crippen molar-refractivity contribution in [2.75, 3.05) is 0 Å². The molecule has 0 N–H and O–H groups in total. The molecule has 35 heteroatoms. The largest absolute Gasteiger partial charge is 3.00 e. The van der Waals surface area contributed by atoms with Gasteiger partial charge in [-0.1, -0.05) is 0 Å². The predicted molar refractivity (Wildman–Crippen MR) is 85.4 cm³/mol. The summed E-state index contributed by atoms with van der Waals surface area (Å²) in [5, 5.41) is 0. The first-order chi connectivity index (χ1) is 12.1. The third kappa shape index (κ3) is 2940. The van der Waals surface area contributed by atoms with Crippen LogP contribution in [-0.2, 0) is 31.2 Å². The molecule has 0 atom stereocenters. The molecule has 35 heavy (non-hydrogen) atoms. The molecule has 0 saturated carbocycles. The van der Waals surface area contributed by atoms with Crippen LogP contribution in [0.15, 0.2) is 0 Å². The van der Waals surface area contributed by atoms with Gasteiger partial charge in [0, 0.05) is 72.6 Å². The first-order valence-electron chi connectivity index (χ1n) is 4.29. The second-order valence-corrected chi connectivity index (χ2v) is 5.25. The summed E-state index contributed by atoms with van der Waals surface area (Å²) in [6.45, 7) is 0.